The first-order valence-electron chi connectivity index (χ1n) is 6.30. The van der Waals surface area contributed by atoms with Gasteiger partial charge in [0.15, 0.2) is 5.82 Å². The molecule has 23 heavy (non-hydrogen) atoms. The number of hydrogen-bond donors (Lipinski definition) is 1. The molecule has 0 aliphatic heterocycles. The molecule has 0 radical (unpaired) electrons. The number of rotatable bonds is 4. The largest absolute Gasteiger partial charge is 0.464 e. The van der Waals surface area contributed by atoms with Crippen LogP contribution in [-0.2, 0) is 11.2 Å². The second kappa shape index (κ2) is 7.12. The van der Waals surface area contributed by atoms with Gasteiger partial charge in [0.25, 0.3) is 0 Å². The Bertz CT molecular complexity index is 783. The Labute approximate surface area is 146 Å². The molecule has 0 bridgehead atoms. The lowest BCUT2D eigenvalue weighted by Crippen LogP contribution is -2.27. The number of benzene rings is 1. The molecule has 6 nitrogen and oxygen atoms in total. The summed E-state index contributed by atoms with van der Waals surface area (Å²) in [5.41, 5.74) is 0.338. The zero-order valence-electron chi connectivity index (χ0n) is 11.8. The summed E-state index contributed by atoms with van der Waals surface area (Å²) in [5, 5.41) is 10.1. The van der Waals surface area contributed by atoms with Crippen LogP contribution in [0.3, 0.4) is 0 Å². The van der Waals surface area contributed by atoms with Gasteiger partial charge in [-0.15, -0.1) is 0 Å². The monoisotopic (exact) mass is 373 g/mol. The van der Waals surface area contributed by atoms with Crippen LogP contribution in [0.5, 0.6) is 0 Å². The van der Waals surface area contributed by atoms with Gasteiger partial charge >= 0.3 is 6.09 Å². The van der Waals surface area contributed by atoms with Crippen molar-refractivity contribution in [3.05, 3.63) is 44.8 Å². The fourth-order valence-corrected chi connectivity index (χ4v) is 2.74. The van der Waals surface area contributed by atoms with E-state index in [1.807, 2.05) is 0 Å². The molecular formula is C14H10Cl3N3O3. The van der Waals surface area contributed by atoms with Crippen molar-refractivity contribution in [1.29, 1.82) is 0 Å². The van der Waals surface area contributed by atoms with E-state index in [4.69, 9.17) is 34.8 Å². The lowest BCUT2D eigenvalue weighted by Gasteiger charge is -2.22. The van der Waals surface area contributed by atoms with Crippen molar-refractivity contribution in [3.63, 3.8) is 0 Å². The second-order valence-corrected chi connectivity index (χ2v) is 5.65. The molecule has 0 spiro atoms. The minimum atomic E-state index is -1.34. The normalized spacial score (nSPS) is 10.4. The van der Waals surface area contributed by atoms with Crippen LogP contribution in [0.4, 0.5) is 16.3 Å². The number of halogens is 3. The number of hydrogen-bond acceptors (Lipinski definition) is 4. The Kier molecular flexibility index (Phi) is 5.41. The SMILES string of the molecule is Cc1nc(Cl)c(CC=O)c(N(C(=O)O)c2ccc(Cl)cc2Cl)n1. The fraction of sp³-hybridized carbons (Fsp3) is 0.143. The van der Waals surface area contributed by atoms with Gasteiger partial charge in [-0.1, -0.05) is 34.8 Å². The van der Waals surface area contributed by atoms with Crippen molar-refractivity contribution in [3.8, 4) is 0 Å². The summed E-state index contributed by atoms with van der Waals surface area (Å²) < 4.78 is 0. The lowest BCUT2D eigenvalue weighted by molar-refractivity contribution is -0.107. The summed E-state index contributed by atoms with van der Waals surface area (Å²) in [7, 11) is 0. The Morgan fingerprint density at radius 1 is 1.30 bits per heavy atom. The van der Waals surface area contributed by atoms with Crippen molar-refractivity contribution in [2.75, 3.05) is 4.90 Å². The third-order valence-electron chi connectivity index (χ3n) is 2.89. The lowest BCUT2D eigenvalue weighted by atomic mass is 10.2. The first-order chi connectivity index (χ1) is 10.8. The highest BCUT2D eigenvalue weighted by atomic mass is 35.5. The summed E-state index contributed by atoms with van der Waals surface area (Å²) in [6.07, 6.45) is -0.883. The molecule has 1 heterocycles. The van der Waals surface area contributed by atoms with E-state index >= 15 is 0 Å². The van der Waals surface area contributed by atoms with Crippen LogP contribution in [-0.4, -0.2) is 27.5 Å². The first-order valence-corrected chi connectivity index (χ1v) is 7.43. The van der Waals surface area contributed by atoms with Crippen LogP contribution in [0.2, 0.25) is 15.2 Å². The fourth-order valence-electron chi connectivity index (χ4n) is 1.96. The molecule has 0 atom stereocenters. The van der Waals surface area contributed by atoms with Crippen molar-refractivity contribution in [1.82, 2.24) is 9.97 Å². The average molecular weight is 375 g/mol. The molecule has 1 N–H and O–H groups in total. The van der Waals surface area contributed by atoms with Gasteiger partial charge in [0, 0.05) is 17.0 Å². The minimum Gasteiger partial charge on any atom is -0.464 e. The molecule has 0 unspecified atom stereocenters. The number of anilines is 2. The predicted octanol–water partition coefficient (Wildman–Crippen LogP) is 4.30. The number of carbonyl (C=O) groups is 2. The van der Waals surface area contributed by atoms with Gasteiger partial charge in [-0.3, -0.25) is 0 Å². The van der Waals surface area contributed by atoms with E-state index in [1.54, 1.807) is 6.92 Å². The van der Waals surface area contributed by atoms with Crippen LogP contribution in [0.15, 0.2) is 18.2 Å². The molecule has 0 aliphatic rings. The molecular weight excluding hydrogens is 365 g/mol. The maximum absolute atomic E-state index is 11.8. The number of aryl methyl sites for hydroxylation is 1. The number of aromatic nitrogens is 2. The standard InChI is InChI=1S/C14H10Cl3N3O3/c1-7-18-12(17)9(4-5-21)13(19-7)20(14(22)23)11-3-2-8(15)6-10(11)16/h2-3,5-6H,4H2,1H3,(H,22,23). The molecule has 0 aliphatic carbocycles. The van der Waals surface area contributed by atoms with E-state index in [9.17, 15) is 14.7 Å². The Morgan fingerprint density at radius 2 is 2.00 bits per heavy atom. The summed E-state index contributed by atoms with van der Waals surface area (Å²) in [4.78, 5) is 31.5. The van der Waals surface area contributed by atoms with Gasteiger partial charge in [-0.05, 0) is 25.1 Å². The van der Waals surface area contributed by atoms with Crippen molar-refractivity contribution >= 4 is 58.7 Å². The van der Waals surface area contributed by atoms with Crippen LogP contribution < -0.4 is 4.90 Å². The molecule has 120 valence electrons. The number of nitrogens with zero attached hydrogens (tertiary/aromatic N) is 3. The smallest absolute Gasteiger partial charge is 0.417 e. The van der Waals surface area contributed by atoms with Gasteiger partial charge in [-0.25, -0.2) is 19.7 Å². The predicted molar refractivity (Wildman–Crippen MR) is 88.2 cm³/mol. The molecule has 0 saturated carbocycles. The maximum Gasteiger partial charge on any atom is 0.417 e. The van der Waals surface area contributed by atoms with Crippen LogP contribution >= 0.6 is 34.8 Å². The highest BCUT2D eigenvalue weighted by Gasteiger charge is 2.26. The van der Waals surface area contributed by atoms with Crippen LogP contribution in [0.1, 0.15) is 11.4 Å². The Balaban J connectivity index is 2.72. The van der Waals surface area contributed by atoms with E-state index in [-0.39, 0.29) is 39.5 Å². The topological polar surface area (TPSA) is 83.4 Å². The van der Waals surface area contributed by atoms with Crippen LogP contribution in [0.25, 0.3) is 0 Å². The number of amides is 1. The van der Waals surface area contributed by atoms with E-state index in [0.717, 1.165) is 4.90 Å². The van der Waals surface area contributed by atoms with Crippen molar-refractivity contribution in [2.45, 2.75) is 13.3 Å². The molecule has 2 rings (SSSR count). The zero-order valence-corrected chi connectivity index (χ0v) is 14.0. The Hall–Kier alpha value is -1.89. The van der Waals surface area contributed by atoms with Gasteiger partial charge in [0.1, 0.15) is 17.3 Å². The maximum atomic E-state index is 11.8. The van der Waals surface area contributed by atoms with Crippen molar-refractivity contribution in [2.24, 2.45) is 0 Å². The highest BCUT2D eigenvalue weighted by Crippen LogP contribution is 2.36. The van der Waals surface area contributed by atoms with E-state index in [2.05, 4.69) is 9.97 Å². The molecule has 0 saturated heterocycles. The average Bonchev–Trinajstić information content (AvgIpc) is 2.44. The number of aldehydes is 1. The molecule has 2 aromatic rings. The second-order valence-electron chi connectivity index (χ2n) is 4.45. The third kappa shape index (κ3) is 3.72. The minimum absolute atomic E-state index is 0.0101. The number of carbonyl (C=O) groups excluding carboxylic acids is 1. The molecule has 1 aromatic carbocycles. The van der Waals surface area contributed by atoms with Crippen molar-refractivity contribution < 1.29 is 14.7 Å². The van der Waals surface area contributed by atoms with E-state index in [1.165, 1.54) is 18.2 Å². The molecule has 9 heteroatoms. The van der Waals surface area contributed by atoms with E-state index < -0.39 is 6.09 Å². The van der Waals surface area contributed by atoms with Gasteiger partial charge in [-0.2, -0.15) is 0 Å². The first kappa shape index (κ1) is 17.5. The van der Waals surface area contributed by atoms with Gasteiger partial charge in [0.05, 0.1) is 10.7 Å². The molecule has 1 aromatic heterocycles. The highest BCUT2D eigenvalue weighted by molar-refractivity contribution is 6.37. The quantitative estimate of drug-likeness (QED) is 0.637. The summed E-state index contributed by atoms with van der Waals surface area (Å²) in [6, 6.07) is 4.34. The summed E-state index contributed by atoms with van der Waals surface area (Å²) in [5.74, 6) is 0.238. The zero-order chi connectivity index (χ0) is 17.1. The van der Waals surface area contributed by atoms with Gasteiger partial charge < -0.3 is 9.90 Å². The molecule has 0 fully saturated rings. The molecule has 1 amide bonds. The third-order valence-corrected chi connectivity index (χ3v) is 3.74. The summed E-state index contributed by atoms with van der Waals surface area (Å²) in [6.45, 7) is 1.56. The summed E-state index contributed by atoms with van der Waals surface area (Å²) >= 11 is 18.0. The number of carboxylic acid groups (broad SMARTS) is 1. The van der Waals surface area contributed by atoms with Gasteiger partial charge in [0.2, 0.25) is 0 Å². The van der Waals surface area contributed by atoms with Crippen LogP contribution in [0, 0.1) is 6.92 Å². The van der Waals surface area contributed by atoms with E-state index in [0.29, 0.717) is 11.3 Å². The Morgan fingerprint density at radius 3 is 2.57 bits per heavy atom.